The number of nitrogens with one attached hydrogen (secondary N) is 3. The number of hydrogen-bond donors (Lipinski definition) is 3. The Morgan fingerprint density at radius 2 is 0.759 bits per heavy atom. The third-order valence-electron chi connectivity index (χ3n) is 11.1. The van der Waals surface area contributed by atoms with Crippen LogP contribution in [0.15, 0.2) is 54.6 Å². The number of halogens is 13. The molecule has 0 fully saturated rings. The van der Waals surface area contributed by atoms with Crippen LogP contribution in [0.25, 0.3) is 0 Å². The van der Waals surface area contributed by atoms with E-state index in [-0.39, 0.29) is 47.5 Å². The molecule has 3 aromatic carbocycles. The lowest BCUT2D eigenvalue weighted by Gasteiger charge is -2.28. The molecule has 0 aliphatic rings. The molecule has 0 aliphatic heterocycles. The quantitative estimate of drug-likeness (QED) is 0.0740. The number of rotatable bonds is 24. The summed E-state index contributed by atoms with van der Waals surface area (Å²) in [6.07, 6.45) is -19.3. The second-order valence-electron chi connectivity index (χ2n) is 20.2. The van der Waals surface area contributed by atoms with Crippen LogP contribution in [0.5, 0.6) is 17.2 Å². The summed E-state index contributed by atoms with van der Waals surface area (Å²) < 4.78 is 129. The molecule has 0 radical (unpaired) electrons. The van der Waals surface area contributed by atoms with Crippen molar-refractivity contribution in [2.75, 3.05) is 0 Å². The van der Waals surface area contributed by atoms with Crippen LogP contribution in [0, 0.1) is 12.8 Å². The van der Waals surface area contributed by atoms with Crippen molar-refractivity contribution in [3.8, 4) is 17.2 Å². The lowest BCUT2D eigenvalue weighted by molar-refractivity contribution is -0.146. The van der Waals surface area contributed by atoms with Gasteiger partial charge in [0.1, 0.15) is 17.2 Å². The molecule has 0 aromatic heterocycles. The second-order valence-corrected chi connectivity index (χ2v) is 22.0. The highest BCUT2D eigenvalue weighted by Gasteiger charge is 2.38. The minimum atomic E-state index is -4.60. The summed E-state index contributed by atoms with van der Waals surface area (Å²) in [5, 5.41) is 9.06. The number of aryl methyl sites for hydroxylation is 1. The molecular formula is C54H68Cl4F9N3O9. The molecule has 3 rings (SSSR count). The number of ether oxygens (including phenoxy) is 3. The van der Waals surface area contributed by atoms with E-state index in [4.69, 9.17) is 60.6 Å². The van der Waals surface area contributed by atoms with Crippen LogP contribution in [0.1, 0.15) is 139 Å². The minimum absolute atomic E-state index is 0.00787. The lowest BCUT2D eigenvalue weighted by atomic mass is 9.92. The van der Waals surface area contributed by atoms with E-state index in [1.54, 1.807) is 45.9 Å². The van der Waals surface area contributed by atoms with E-state index in [0.717, 1.165) is 12.1 Å². The first kappa shape index (κ1) is 72.0. The summed E-state index contributed by atoms with van der Waals surface area (Å²) in [5.74, 6) is -2.58. The maximum absolute atomic E-state index is 12.9. The van der Waals surface area contributed by atoms with Gasteiger partial charge in [0.25, 0.3) is 17.7 Å². The Bertz CT molecular complexity index is 2520. The number of benzene rings is 3. The molecule has 79 heavy (non-hydrogen) atoms. The molecule has 3 aromatic rings. The summed E-state index contributed by atoms with van der Waals surface area (Å²) in [6, 6.07) is 12.2. The number of hydrogen-bond acceptors (Lipinski definition) is 9. The van der Waals surface area contributed by atoms with Crippen molar-refractivity contribution in [2.45, 2.75) is 188 Å². The summed E-state index contributed by atoms with van der Waals surface area (Å²) in [4.78, 5) is 73.7. The zero-order valence-corrected chi connectivity index (χ0v) is 48.8. The first-order chi connectivity index (χ1) is 35.9. The molecule has 444 valence electrons. The van der Waals surface area contributed by atoms with Crippen molar-refractivity contribution < 1.29 is 82.5 Å². The van der Waals surface area contributed by atoms with Crippen molar-refractivity contribution in [1.82, 2.24) is 16.0 Å². The molecule has 3 N–H and O–H groups in total. The smallest absolute Gasteiger partial charge is 0.416 e. The molecule has 0 heterocycles. The van der Waals surface area contributed by atoms with Gasteiger partial charge in [-0.1, -0.05) is 81.0 Å². The molecule has 0 aliphatic carbocycles. The fourth-order valence-electron chi connectivity index (χ4n) is 6.77. The van der Waals surface area contributed by atoms with Crippen molar-refractivity contribution >= 4 is 81.5 Å². The van der Waals surface area contributed by atoms with E-state index in [1.807, 2.05) is 20.8 Å². The molecule has 0 bridgehead atoms. The highest BCUT2D eigenvalue weighted by atomic mass is 35.5. The normalized spacial score (nSPS) is 13.3. The molecule has 25 heteroatoms. The summed E-state index contributed by atoms with van der Waals surface area (Å²) in [7, 11) is 0. The molecule has 0 saturated carbocycles. The zero-order chi connectivity index (χ0) is 61.2. The predicted molar refractivity (Wildman–Crippen MR) is 285 cm³/mol. The SMILES string of the molecule is CCC(Oc1cc(C)cc(C(F)(F)F)c1)C(=O)NC(C)(C)C(=O)CCC(F)(F)F.CCC(Oc1cc(Cl)cc(Cl)c1)C(=O)NC(C)(C)C(=O)CC(C)C.CCC(Oc1cc(Cl)cc(Cl)c1)C(=O)NC(C)(C)C(=O)CCC(F)(F)F. The summed E-state index contributed by atoms with van der Waals surface area (Å²) in [5.41, 5.74) is -4.66. The van der Waals surface area contributed by atoms with Gasteiger partial charge < -0.3 is 30.2 Å². The monoisotopic (exact) mass is 1210 g/mol. The Labute approximate surface area is 474 Å². The Kier molecular flexibility index (Phi) is 28.0. The Morgan fingerprint density at radius 3 is 1.03 bits per heavy atom. The van der Waals surface area contributed by atoms with Gasteiger partial charge in [0.05, 0.1) is 35.0 Å². The van der Waals surface area contributed by atoms with Crippen LogP contribution < -0.4 is 30.2 Å². The van der Waals surface area contributed by atoms with Gasteiger partial charge in [-0.25, -0.2) is 0 Å². The van der Waals surface area contributed by atoms with E-state index in [1.165, 1.54) is 58.9 Å². The average Bonchev–Trinajstić information content (AvgIpc) is 3.28. The first-order valence-corrected chi connectivity index (χ1v) is 26.3. The van der Waals surface area contributed by atoms with Gasteiger partial charge in [-0.15, -0.1) is 0 Å². The van der Waals surface area contributed by atoms with Crippen molar-refractivity contribution in [3.05, 3.63) is 85.8 Å². The largest absolute Gasteiger partial charge is 0.481 e. The predicted octanol–water partition coefficient (Wildman–Crippen LogP) is 14.6. The molecule has 3 unspecified atom stereocenters. The number of ketones is 3. The average molecular weight is 1220 g/mol. The molecule has 0 spiro atoms. The maximum Gasteiger partial charge on any atom is 0.416 e. The number of amides is 3. The summed E-state index contributed by atoms with van der Waals surface area (Å²) in [6.45, 7) is 19.1. The van der Waals surface area contributed by atoms with Gasteiger partial charge in [0.15, 0.2) is 35.7 Å². The topological polar surface area (TPSA) is 166 Å². The highest BCUT2D eigenvalue weighted by Crippen LogP contribution is 2.34. The minimum Gasteiger partial charge on any atom is -0.481 e. The van der Waals surface area contributed by atoms with Crippen LogP contribution in [0.3, 0.4) is 0 Å². The van der Waals surface area contributed by atoms with Crippen molar-refractivity contribution in [2.24, 2.45) is 5.92 Å². The molecule has 12 nitrogen and oxygen atoms in total. The standard InChI is InChI=1S/C19H23F6NO3.C18H25Cl2NO3.C17H20Cl2F3NO3/c1-5-14(29-13-9-11(2)8-12(10-13)19(23,24)25)16(28)26-17(3,4)15(27)6-7-18(20,21)22;1-6-15(24-14-9-12(19)8-13(20)10-14)17(23)21-18(4,5)16(22)7-11(2)3;1-4-13(26-12-8-10(18)7-11(19)9-12)15(25)23-16(2,3)14(24)5-6-17(20,21)22/h8-10,14H,5-7H2,1-4H3,(H,26,28);8-11,15H,6-7H2,1-5H3,(H,21,23);7-9,13H,4-6H2,1-3H3,(H,23,25). The maximum atomic E-state index is 12.9. The van der Waals surface area contributed by atoms with E-state index in [9.17, 15) is 68.3 Å². The third kappa shape index (κ3) is 27.4. The van der Waals surface area contributed by atoms with Gasteiger partial charge in [0, 0.05) is 39.4 Å². The van der Waals surface area contributed by atoms with Crippen molar-refractivity contribution in [1.29, 1.82) is 0 Å². The molecule has 3 amide bonds. The zero-order valence-electron chi connectivity index (χ0n) is 45.8. The summed E-state index contributed by atoms with van der Waals surface area (Å²) >= 11 is 23.6. The molecule has 3 atom stereocenters. The number of carbonyl (C=O) groups excluding carboxylic acids is 6. The van der Waals surface area contributed by atoms with Gasteiger partial charge >= 0.3 is 18.5 Å². The van der Waals surface area contributed by atoms with E-state index in [0.29, 0.717) is 38.7 Å². The number of carbonyl (C=O) groups is 6. The highest BCUT2D eigenvalue weighted by molar-refractivity contribution is 6.35. The fraction of sp³-hybridized carbons (Fsp3) is 0.556. The Hall–Kier alpha value is -4.99. The van der Waals surface area contributed by atoms with Crippen LogP contribution in [0.4, 0.5) is 39.5 Å². The van der Waals surface area contributed by atoms with Gasteiger partial charge in [-0.3, -0.25) is 28.8 Å². The van der Waals surface area contributed by atoms with Gasteiger partial charge in [-0.2, -0.15) is 39.5 Å². The fourth-order valence-corrected chi connectivity index (χ4v) is 7.78. The van der Waals surface area contributed by atoms with Crippen LogP contribution in [-0.4, -0.2) is 82.4 Å². The second kappa shape index (κ2) is 30.7. The van der Waals surface area contributed by atoms with Gasteiger partial charge in [-0.05, 0) is 134 Å². The van der Waals surface area contributed by atoms with Crippen molar-refractivity contribution in [3.63, 3.8) is 0 Å². The van der Waals surface area contributed by atoms with E-state index >= 15 is 0 Å². The first-order valence-electron chi connectivity index (χ1n) is 24.7. The molecular weight excluding hydrogens is 1150 g/mol. The van der Waals surface area contributed by atoms with Gasteiger partial charge in [0.2, 0.25) is 0 Å². The Morgan fingerprint density at radius 1 is 0.468 bits per heavy atom. The number of Topliss-reactive ketones (excluding diaryl/α,β-unsaturated/α-hetero) is 3. The van der Waals surface area contributed by atoms with E-state index < -0.39 is 108 Å². The lowest BCUT2D eigenvalue weighted by Crippen LogP contribution is -2.54. The third-order valence-corrected chi connectivity index (χ3v) is 12.0. The van der Waals surface area contributed by atoms with Crippen LogP contribution in [0.2, 0.25) is 20.1 Å². The van der Waals surface area contributed by atoms with E-state index in [2.05, 4.69) is 16.0 Å². The van der Waals surface area contributed by atoms with Crippen LogP contribution in [-0.2, 0) is 34.9 Å². The van der Waals surface area contributed by atoms with Crippen LogP contribution >= 0.6 is 46.4 Å². The number of alkyl halides is 9. The Balaban J connectivity index is 0.000000595. The molecule has 0 saturated heterocycles.